The minimum absolute atomic E-state index is 0.0182. The van der Waals surface area contributed by atoms with Gasteiger partial charge >= 0.3 is 0 Å². The summed E-state index contributed by atoms with van der Waals surface area (Å²) in [4.78, 5) is 0. The summed E-state index contributed by atoms with van der Waals surface area (Å²) < 4.78 is 27.1. The fourth-order valence-electron chi connectivity index (χ4n) is 1.43. The molecule has 0 aliphatic rings. The van der Waals surface area contributed by atoms with Crippen molar-refractivity contribution in [2.75, 3.05) is 11.1 Å². The average Bonchev–Trinajstić information content (AvgIpc) is 2.28. The molecule has 0 radical (unpaired) electrons. The second kappa shape index (κ2) is 5.00. The molecule has 0 aliphatic heterocycles. The van der Waals surface area contributed by atoms with E-state index in [4.69, 9.17) is 28.9 Å². The highest BCUT2D eigenvalue weighted by molar-refractivity contribution is 6.42. The van der Waals surface area contributed by atoms with Gasteiger partial charge in [-0.05, 0) is 30.3 Å². The van der Waals surface area contributed by atoms with E-state index in [1.165, 1.54) is 12.1 Å². The van der Waals surface area contributed by atoms with Gasteiger partial charge in [0.15, 0.2) is 11.6 Å². The summed E-state index contributed by atoms with van der Waals surface area (Å²) in [7, 11) is 0. The third kappa shape index (κ3) is 2.66. The quantitative estimate of drug-likeness (QED) is 0.793. The second-order valence-corrected chi connectivity index (χ2v) is 4.43. The molecule has 0 heterocycles. The molecule has 6 heteroatoms. The summed E-state index contributed by atoms with van der Waals surface area (Å²) >= 11 is 11.5. The molecule has 0 aromatic heterocycles. The van der Waals surface area contributed by atoms with E-state index in [0.29, 0.717) is 10.7 Å². The van der Waals surface area contributed by atoms with Crippen LogP contribution in [0.1, 0.15) is 0 Å². The molecule has 0 unspecified atom stereocenters. The number of nitrogens with two attached hydrogens (primary N) is 1. The standard InChI is InChI=1S/C12H8Cl2F2N2/c13-8-2-1-7(5-9(8)14)18-12-10(15)3-6(17)4-11(12)16/h1-5,18H,17H2. The van der Waals surface area contributed by atoms with Crippen molar-refractivity contribution in [1.29, 1.82) is 0 Å². The SMILES string of the molecule is Nc1cc(F)c(Nc2ccc(Cl)c(Cl)c2)c(F)c1. The van der Waals surface area contributed by atoms with Gasteiger partial charge < -0.3 is 11.1 Å². The first-order valence-electron chi connectivity index (χ1n) is 4.94. The highest BCUT2D eigenvalue weighted by Crippen LogP contribution is 2.29. The highest BCUT2D eigenvalue weighted by atomic mass is 35.5. The first-order chi connectivity index (χ1) is 8.47. The zero-order chi connectivity index (χ0) is 13.3. The van der Waals surface area contributed by atoms with Crippen LogP contribution in [0.2, 0.25) is 10.0 Å². The van der Waals surface area contributed by atoms with Crippen LogP contribution in [-0.2, 0) is 0 Å². The Bertz CT molecular complexity index is 580. The summed E-state index contributed by atoms with van der Waals surface area (Å²) in [5.74, 6) is -1.56. The molecule has 2 aromatic carbocycles. The summed E-state index contributed by atoms with van der Waals surface area (Å²) in [6, 6.07) is 6.62. The minimum Gasteiger partial charge on any atom is -0.399 e. The lowest BCUT2D eigenvalue weighted by atomic mass is 10.2. The van der Waals surface area contributed by atoms with Gasteiger partial charge in [0.25, 0.3) is 0 Å². The number of nitrogens with one attached hydrogen (secondary N) is 1. The number of halogens is 4. The smallest absolute Gasteiger partial charge is 0.151 e. The van der Waals surface area contributed by atoms with Crippen molar-refractivity contribution < 1.29 is 8.78 Å². The molecule has 0 spiro atoms. The number of hydrogen-bond donors (Lipinski definition) is 2. The first kappa shape index (κ1) is 12.9. The van der Waals surface area contributed by atoms with Crippen LogP contribution in [0.5, 0.6) is 0 Å². The summed E-state index contributed by atoms with van der Waals surface area (Å²) in [5.41, 5.74) is 5.47. The summed E-state index contributed by atoms with van der Waals surface area (Å²) in [5, 5.41) is 3.24. The fraction of sp³-hybridized carbons (Fsp3) is 0. The Morgan fingerprint density at radius 3 is 2.11 bits per heavy atom. The van der Waals surface area contributed by atoms with Gasteiger partial charge in [0.1, 0.15) is 5.69 Å². The summed E-state index contributed by atoms with van der Waals surface area (Å²) in [6.07, 6.45) is 0. The molecule has 2 nitrogen and oxygen atoms in total. The van der Waals surface area contributed by atoms with E-state index < -0.39 is 11.6 Å². The van der Waals surface area contributed by atoms with Gasteiger partial charge in [0.2, 0.25) is 0 Å². The van der Waals surface area contributed by atoms with Gasteiger partial charge in [0.05, 0.1) is 10.0 Å². The van der Waals surface area contributed by atoms with Crippen molar-refractivity contribution in [2.24, 2.45) is 0 Å². The van der Waals surface area contributed by atoms with Crippen LogP contribution in [0.3, 0.4) is 0 Å². The normalized spacial score (nSPS) is 10.4. The topological polar surface area (TPSA) is 38.0 Å². The van der Waals surface area contributed by atoms with Crippen molar-refractivity contribution in [2.45, 2.75) is 0 Å². The molecule has 0 aliphatic carbocycles. The molecule has 94 valence electrons. The van der Waals surface area contributed by atoms with Gasteiger partial charge in [-0.15, -0.1) is 0 Å². The molecule has 3 N–H and O–H groups in total. The molecule has 0 atom stereocenters. The minimum atomic E-state index is -0.779. The van der Waals surface area contributed by atoms with Crippen LogP contribution < -0.4 is 11.1 Å². The lowest BCUT2D eigenvalue weighted by Gasteiger charge is -2.10. The van der Waals surface area contributed by atoms with Crippen molar-refractivity contribution in [3.63, 3.8) is 0 Å². The summed E-state index contributed by atoms with van der Waals surface area (Å²) in [6.45, 7) is 0. The van der Waals surface area contributed by atoms with E-state index in [9.17, 15) is 8.78 Å². The average molecular weight is 289 g/mol. The van der Waals surface area contributed by atoms with E-state index in [2.05, 4.69) is 5.32 Å². The zero-order valence-corrected chi connectivity index (χ0v) is 10.5. The van der Waals surface area contributed by atoms with Gasteiger partial charge in [-0.2, -0.15) is 0 Å². The maximum atomic E-state index is 13.5. The number of anilines is 3. The Morgan fingerprint density at radius 1 is 0.944 bits per heavy atom. The Morgan fingerprint density at radius 2 is 1.56 bits per heavy atom. The lowest BCUT2D eigenvalue weighted by molar-refractivity contribution is 0.592. The molecule has 0 saturated carbocycles. The molecule has 0 bridgehead atoms. The third-order valence-electron chi connectivity index (χ3n) is 2.25. The molecule has 0 fully saturated rings. The van der Waals surface area contributed by atoms with Crippen molar-refractivity contribution in [3.8, 4) is 0 Å². The zero-order valence-electron chi connectivity index (χ0n) is 8.98. The third-order valence-corrected chi connectivity index (χ3v) is 2.99. The van der Waals surface area contributed by atoms with E-state index in [1.54, 1.807) is 6.07 Å². The molecular formula is C12H8Cl2F2N2. The Hall–Kier alpha value is -1.52. The van der Waals surface area contributed by atoms with E-state index in [0.717, 1.165) is 12.1 Å². The van der Waals surface area contributed by atoms with Crippen molar-refractivity contribution in [1.82, 2.24) is 0 Å². The van der Waals surface area contributed by atoms with Crippen LogP contribution in [0.15, 0.2) is 30.3 Å². The predicted molar refractivity (Wildman–Crippen MR) is 70.5 cm³/mol. The second-order valence-electron chi connectivity index (χ2n) is 3.61. The molecule has 18 heavy (non-hydrogen) atoms. The number of benzene rings is 2. The molecule has 2 aromatic rings. The molecular weight excluding hydrogens is 281 g/mol. The molecule has 0 saturated heterocycles. The number of nitrogen functional groups attached to an aromatic ring is 1. The van der Waals surface area contributed by atoms with Crippen LogP contribution in [0.25, 0.3) is 0 Å². The van der Waals surface area contributed by atoms with Gasteiger partial charge in [-0.1, -0.05) is 23.2 Å². The van der Waals surface area contributed by atoms with E-state index in [-0.39, 0.29) is 16.4 Å². The van der Waals surface area contributed by atoms with Crippen LogP contribution >= 0.6 is 23.2 Å². The number of hydrogen-bond acceptors (Lipinski definition) is 2. The van der Waals surface area contributed by atoms with E-state index in [1.807, 2.05) is 0 Å². The number of rotatable bonds is 2. The maximum Gasteiger partial charge on any atom is 0.151 e. The van der Waals surface area contributed by atoms with Crippen molar-refractivity contribution >= 4 is 40.3 Å². The van der Waals surface area contributed by atoms with Gasteiger partial charge in [-0.3, -0.25) is 0 Å². The van der Waals surface area contributed by atoms with Crippen molar-refractivity contribution in [3.05, 3.63) is 52.0 Å². The van der Waals surface area contributed by atoms with Crippen LogP contribution in [-0.4, -0.2) is 0 Å². The van der Waals surface area contributed by atoms with E-state index >= 15 is 0 Å². The predicted octanol–water partition coefficient (Wildman–Crippen LogP) is 4.60. The van der Waals surface area contributed by atoms with Crippen LogP contribution in [0.4, 0.5) is 25.8 Å². The largest absolute Gasteiger partial charge is 0.399 e. The Balaban J connectivity index is 2.37. The highest BCUT2D eigenvalue weighted by Gasteiger charge is 2.11. The maximum absolute atomic E-state index is 13.5. The van der Waals surface area contributed by atoms with Gasteiger partial charge in [0, 0.05) is 11.4 Å². The molecule has 0 amide bonds. The van der Waals surface area contributed by atoms with Crippen LogP contribution in [0, 0.1) is 11.6 Å². The molecule has 2 rings (SSSR count). The Kier molecular flexibility index (Phi) is 3.59. The monoisotopic (exact) mass is 288 g/mol. The Labute approximate surface area is 112 Å². The lowest BCUT2D eigenvalue weighted by Crippen LogP contribution is -1.99. The first-order valence-corrected chi connectivity index (χ1v) is 5.69. The van der Waals surface area contributed by atoms with Gasteiger partial charge in [-0.25, -0.2) is 8.78 Å². The fourth-order valence-corrected chi connectivity index (χ4v) is 1.73.